The summed E-state index contributed by atoms with van der Waals surface area (Å²) in [6.45, 7) is 24.1. The zero-order chi connectivity index (χ0) is 96.3. The number of hydrogen-bond donors (Lipinski definition) is 4. The van der Waals surface area contributed by atoms with E-state index in [9.17, 15) is 55.1 Å². The van der Waals surface area contributed by atoms with Gasteiger partial charge < -0.3 is 48.5 Å². The first-order valence-electron chi connectivity index (χ1n) is 46.7. The van der Waals surface area contributed by atoms with Gasteiger partial charge in [-0.2, -0.15) is 0 Å². The second kappa shape index (κ2) is 41.2. The van der Waals surface area contributed by atoms with E-state index in [1.54, 1.807) is 61.9 Å². The van der Waals surface area contributed by atoms with Gasteiger partial charge in [0, 0.05) is 229 Å². The van der Waals surface area contributed by atoms with Crippen LogP contribution in [0.4, 0.5) is 22.7 Å². The van der Waals surface area contributed by atoms with Crippen molar-refractivity contribution in [3.8, 4) is 34.5 Å². The molecule has 32 nitrogen and oxygen atoms in total. The summed E-state index contributed by atoms with van der Waals surface area (Å²) in [7, 11) is -12.0. The number of rotatable bonds is 27. The fourth-order valence-electron chi connectivity index (χ4n) is 19.7. The summed E-state index contributed by atoms with van der Waals surface area (Å²) in [6.07, 6.45) is 14.9. The number of nitrogens with zero attached hydrogens (tertiary/aromatic N) is 12. The van der Waals surface area contributed by atoms with Gasteiger partial charge in [0.2, 0.25) is 0 Å². The van der Waals surface area contributed by atoms with Crippen LogP contribution in [0.1, 0.15) is 129 Å². The van der Waals surface area contributed by atoms with E-state index in [4.69, 9.17) is 42.1 Å². The van der Waals surface area contributed by atoms with E-state index in [0.717, 1.165) is 122 Å². The Bertz CT molecular complexity index is 6830. The van der Waals surface area contributed by atoms with Crippen molar-refractivity contribution in [2.75, 3.05) is 164 Å². The van der Waals surface area contributed by atoms with Gasteiger partial charge in [-0.3, -0.25) is 39.6 Å². The molecule has 0 spiro atoms. The number of fused-ring (bicyclic) bond motifs is 4. The molecule has 10 heterocycles. The van der Waals surface area contributed by atoms with Crippen molar-refractivity contribution in [3.05, 3.63) is 233 Å². The third-order valence-corrected chi connectivity index (χ3v) is 35.5. The highest BCUT2D eigenvalue weighted by Crippen LogP contribution is 2.48. The third kappa shape index (κ3) is 23.4. The molecule has 6 aliphatic heterocycles. The van der Waals surface area contributed by atoms with Crippen molar-refractivity contribution in [2.45, 2.75) is 109 Å². The van der Waals surface area contributed by atoms with Gasteiger partial charge in [-0.05, 0) is 202 Å². The van der Waals surface area contributed by atoms with Gasteiger partial charge in [-0.25, -0.2) is 53.4 Å². The first-order chi connectivity index (χ1) is 65.6. The SMILES string of the molecule is CCN=S1(=O)CCN(CC[C@@H]2COc3cc(S(=O)(=O)NC(=O)c4ccc(N5CCN(CC6=C(c7ccc(Cl)cc7)CC(C)(C)CC6)CC5)cc4Oc4cnc5[nH]ccc5c4)cc([N+](=O)[O-])c3C2)CC1.CN=S1(=O)CCN(CC[C@@H]2COc3cc(S(=O)(=O)NC(=O)c4ccc(N5CCN(CC6=C(c7ccc(Cl)cc7)CC(C)(C)CC6)CC5)cc4Oc4cnc5[nH]ccc5c4)cc([N+](=O)[O-])c3C2)CC1. The summed E-state index contributed by atoms with van der Waals surface area (Å²) in [5.74, 6) is 1.10. The number of anilines is 2. The van der Waals surface area contributed by atoms with Gasteiger partial charge >= 0.3 is 0 Å². The molecule has 2 amide bonds. The van der Waals surface area contributed by atoms with Crippen molar-refractivity contribution in [3.63, 3.8) is 0 Å². The maximum absolute atomic E-state index is 14.1. The number of hydrogen-bond acceptors (Lipinski definition) is 26. The third-order valence-electron chi connectivity index (χ3n) is 27.7. The number of sulfonamides is 2. The van der Waals surface area contributed by atoms with Crippen LogP contribution in [0.25, 0.3) is 33.2 Å². The van der Waals surface area contributed by atoms with E-state index in [1.807, 2.05) is 43.3 Å². The van der Waals surface area contributed by atoms with Gasteiger partial charge in [-0.1, -0.05) is 86.3 Å². The Hall–Kier alpha value is -11.1. The number of halogens is 2. The molecular weight excluding hydrogens is 1870 g/mol. The van der Waals surface area contributed by atoms with Crippen LogP contribution in [0.5, 0.6) is 34.5 Å². The van der Waals surface area contributed by atoms with E-state index in [0.29, 0.717) is 155 Å². The van der Waals surface area contributed by atoms with Gasteiger partial charge in [-0.15, -0.1) is 0 Å². The zero-order valence-corrected chi connectivity index (χ0v) is 82.6. The van der Waals surface area contributed by atoms with Gasteiger partial charge in [0.05, 0.1) is 67.5 Å². The summed E-state index contributed by atoms with van der Waals surface area (Å²) in [5, 5.41) is 27.9. The number of piperazine rings is 2. The molecule has 4 aromatic heterocycles. The number of carbonyl (C=O) groups excluding carboxylic acids is 2. The number of H-pyrrole nitrogens is 2. The fourth-order valence-corrected chi connectivity index (χ4v) is 25.6. The van der Waals surface area contributed by atoms with Crippen molar-refractivity contribution in [1.29, 1.82) is 0 Å². The van der Waals surface area contributed by atoms with Crippen LogP contribution < -0.4 is 38.2 Å². The van der Waals surface area contributed by atoms with Crippen LogP contribution in [0.15, 0.2) is 188 Å². The van der Waals surface area contributed by atoms with E-state index >= 15 is 0 Å². The Morgan fingerprint density at radius 1 is 0.540 bits per heavy atom. The number of aromatic nitrogens is 4. The molecule has 4 fully saturated rings. The van der Waals surface area contributed by atoms with E-state index in [-0.39, 0.29) is 70.0 Å². The minimum Gasteiger partial charge on any atom is -0.493 e. The van der Waals surface area contributed by atoms with Crippen LogP contribution in [0.3, 0.4) is 0 Å². The lowest BCUT2D eigenvalue weighted by Gasteiger charge is -2.39. The highest BCUT2D eigenvalue weighted by Gasteiger charge is 2.39. The number of amides is 2. The molecule has 10 aromatic rings. The minimum atomic E-state index is -4.66. The highest BCUT2D eigenvalue weighted by molar-refractivity contribution is 7.94. The molecule has 0 saturated carbocycles. The van der Waals surface area contributed by atoms with Crippen LogP contribution in [-0.4, -0.2) is 241 Å². The van der Waals surface area contributed by atoms with E-state index in [1.165, 1.54) is 64.0 Å². The van der Waals surface area contributed by atoms with Crippen LogP contribution >= 0.6 is 23.2 Å². The Morgan fingerprint density at radius 3 is 1.33 bits per heavy atom. The summed E-state index contributed by atoms with van der Waals surface area (Å²) in [4.78, 5) is 79.8. The molecule has 0 radical (unpaired) electrons. The number of nitrogens with one attached hydrogen (secondary N) is 4. The Labute approximate surface area is 809 Å². The van der Waals surface area contributed by atoms with Gasteiger partial charge in [0.15, 0.2) is 0 Å². The summed E-state index contributed by atoms with van der Waals surface area (Å²) < 4.78 is 119. The Morgan fingerprint density at radius 2 is 0.942 bits per heavy atom. The number of carbonyl (C=O) groups is 2. The van der Waals surface area contributed by atoms with Crippen molar-refractivity contribution >= 4 is 130 Å². The van der Waals surface area contributed by atoms with E-state index in [2.05, 4.69) is 119 Å². The van der Waals surface area contributed by atoms with Crippen molar-refractivity contribution < 1.29 is 63.6 Å². The number of nitro groups is 2. The quantitative estimate of drug-likeness (QED) is 0.0274. The first kappa shape index (κ1) is 97.6. The molecule has 2 aliphatic carbocycles. The molecule has 0 bridgehead atoms. The number of ether oxygens (including phenoxy) is 4. The minimum absolute atomic E-state index is 0.0510. The monoisotopic (exact) mass is 1980 g/mol. The predicted octanol–water partition coefficient (Wildman–Crippen LogP) is 16.7. The van der Waals surface area contributed by atoms with Crippen molar-refractivity contribution in [1.82, 2.24) is 49.0 Å². The number of allylic oxidation sites excluding steroid dienone is 2. The van der Waals surface area contributed by atoms with Crippen LogP contribution in [0, 0.1) is 42.9 Å². The molecule has 18 rings (SSSR count). The summed E-state index contributed by atoms with van der Waals surface area (Å²) >= 11 is 12.5. The number of nitro benzene ring substituents is 2. The normalized spacial score (nSPS) is 19.8. The topological polar surface area (TPSA) is 385 Å². The average molecular weight is 1990 g/mol. The van der Waals surface area contributed by atoms with Gasteiger partial charge in [0.1, 0.15) is 45.8 Å². The summed E-state index contributed by atoms with van der Waals surface area (Å²) in [5.41, 5.74) is 11.2. The second-order valence-corrected chi connectivity index (χ2v) is 47.9. The number of benzene rings is 6. The Balaban J connectivity index is 0.000000190. The molecule has 0 unspecified atom stereocenters. The van der Waals surface area contributed by atoms with E-state index < -0.39 is 82.3 Å². The van der Waals surface area contributed by atoms with Crippen molar-refractivity contribution in [2.24, 2.45) is 31.4 Å². The molecule has 137 heavy (non-hydrogen) atoms. The predicted molar refractivity (Wildman–Crippen MR) is 535 cm³/mol. The molecule has 2 atom stereocenters. The lowest BCUT2D eigenvalue weighted by atomic mass is 9.72. The first-order valence-corrected chi connectivity index (χ1v) is 54.1. The number of aromatic amines is 2. The molecule has 38 heteroatoms. The lowest BCUT2D eigenvalue weighted by Crippen LogP contribution is -2.47. The highest BCUT2D eigenvalue weighted by atomic mass is 35.5. The Kier molecular flexibility index (Phi) is 29.3. The average Bonchev–Trinajstić information content (AvgIpc) is 1.36. The molecule has 6 aromatic carbocycles. The lowest BCUT2D eigenvalue weighted by molar-refractivity contribution is -0.386. The molecule has 726 valence electrons. The molecule has 8 aliphatic rings. The van der Waals surface area contributed by atoms with Crippen LogP contribution in [0.2, 0.25) is 10.0 Å². The maximum atomic E-state index is 14.1. The number of pyridine rings is 2. The molecular formula is C99H116Cl2N16O16S4. The largest absolute Gasteiger partial charge is 0.493 e. The maximum Gasteiger partial charge on any atom is 0.277 e. The smallest absolute Gasteiger partial charge is 0.277 e. The summed E-state index contributed by atoms with van der Waals surface area (Å²) in [6, 6.07) is 38.1. The zero-order valence-electron chi connectivity index (χ0n) is 77.8. The molecule has 4 saturated heterocycles. The van der Waals surface area contributed by atoms with Gasteiger partial charge in [0.25, 0.3) is 43.2 Å². The molecule has 4 N–H and O–H groups in total. The second-order valence-electron chi connectivity index (χ2n) is 38.4. The fraction of sp³-hybridized carbons (Fsp3) is 0.434. The van der Waals surface area contributed by atoms with Crippen LogP contribution in [-0.2, 0) is 52.3 Å². The standard InChI is InChI=1S/C50H59ClN8O8S2.C49H57ClN8O8S2/c1-4-54-68(63)23-21-56(22-24-68)16-13-34-25-43-45(59(61)62)28-41(29-46(43)66-33-34)69(64,65)55-49(60)42-10-9-39(27-47(42)67-40-26-36-12-15-52-48(36)53-31-40)58-19-17-57(18-20-58)32-37-11-14-50(2,3)30-44(37)35-5-7-38(51)8-6-35;1-49(2)13-10-36(43(29-49)34-4-6-37(50)7-5-34)31-56-16-18-57(19-17-56)38-8-9-41(46(26-38)66-39-25-35-11-14-52-47(35)53-30-39)48(59)54-68(63,64)40-27-44(58(60)61)42-24-33(32-65-45(42)28-40)12-15-55-20-22-67(62,51-3)23-21-55/h5-10,12,15,26-29,31,34H,4,11,13-14,16-25,30,32-33H2,1-3H3,(H,52,53)(H,55,60);4-9,11,14,25-28,30,33H,10,12-13,15-24,29,31-32H2,1-3H3,(H,52,53)(H,54,59)/t34-;33-/m00/s1.